The molecule has 0 radical (unpaired) electrons. The largest absolute Gasteiger partial charge is 0.396 e. The molecule has 3 N–H and O–H groups in total. The third kappa shape index (κ3) is 6.32. The van der Waals surface area contributed by atoms with Gasteiger partial charge in [0.05, 0.1) is 5.54 Å². The summed E-state index contributed by atoms with van der Waals surface area (Å²) in [5, 5.41) is 15.9. The molecule has 1 rings (SSSR count). The lowest BCUT2D eigenvalue weighted by molar-refractivity contribution is 0.218. The fourth-order valence-electron chi connectivity index (χ4n) is 2.41. The van der Waals surface area contributed by atoms with Crippen molar-refractivity contribution in [1.29, 1.82) is 0 Å². The first kappa shape index (κ1) is 18.9. The van der Waals surface area contributed by atoms with Gasteiger partial charge in [0.2, 0.25) is 0 Å². The predicted molar refractivity (Wildman–Crippen MR) is 91.1 cm³/mol. The Morgan fingerprint density at radius 3 is 2.64 bits per heavy atom. The molecule has 0 aliphatic heterocycles. The van der Waals surface area contributed by atoms with Gasteiger partial charge in [-0.25, -0.2) is 9.78 Å². The maximum Gasteiger partial charge on any atom is 0.315 e. The molecule has 1 aromatic rings. The topological polar surface area (TPSA) is 74.2 Å². The van der Waals surface area contributed by atoms with Crippen molar-refractivity contribution in [2.75, 3.05) is 13.2 Å². The smallest absolute Gasteiger partial charge is 0.315 e. The molecule has 0 aromatic carbocycles. The Hall–Kier alpha value is -1.14. The zero-order chi connectivity index (χ0) is 16.8. The van der Waals surface area contributed by atoms with E-state index in [4.69, 9.17) is 5.11 Å². The van der Waals surface area contributed by atoms with Crippen molar-refractivity contribution in [3.05, 3.63) is 16.1 Å². The van der Waals surface area contributed by atoms with Gasteiger partial charge in [-0.15, -0.1) is 11.3 Å². The Labute approximate surface area is 137 Å². The minimum atomic E-state index is -0.493. The summed E-state index contributed by atoms with van der Waals surface area (Å²) in [7, 11) is 0. The number of carbonyl (C=O) groups excluding carboxylic acids is 1. The number of nitrogens with one attached hydrogen (secondary N) is 2. The van der Waals surface area contributed by atoms with Crippen LogP contribution in [0.2, 0.25) is 0 Å². The maximum atomic E-state index is 12.1. The molecule has 0 saturated carbocycles. The first-order valence-electron chi connectivity index (χ1n) is 7.84. The highest BCUT2D eigenvalue weighted by molar-refractivity contribution is 7.11. The highest BCUT2D eigenvalue weighted by atomic mass is 32.1. The molecule has 6 heteroatoms. The number of urea groups is 1. The number of rotatable bonds is 8. The van der Waals surface area contributed by atoms with E-state index in [1.165, 1.54) is 0 Å². The van der Waals surface area contributed by atoms with Gasteiger partial charge < -0.3 is 15.7 Å². The van der Waals surface area contributed by atoms with Crippen LogP contribution >= 0.6 is 11.3 Å². The van der Waals surface area contributed by atoms with Crippen LogP contribution < -0.4 is 10.6 Å². The average Bonchev–Trinajstić information content (AvgIpc) is 2.83. The Morgan fingerprint density at radius 2 is 2.14 bits per heavy atom. The average molecular weight is 327 g/mol. The lowest BCUT2D eigenvalue weighted by Crippen LogP contribution is -2.47. The molecule has 5 nitrogen and oxygen atoms in total. The van der Waals surface area contributed by atoms with Crippen molar-refractivity contribution in [3.8, 4) is 0 Å². The minimum Gasteiger partial charge on any atom is -0.396 e. The lowest BCUT2D eigenvalue weighted by atomic mass is 9.94. The fourth-order valence-corrected chi connectivity index (χ4v) is 3.24. The van der Waals surface area contributed by atoms with Gasteiger partial charge in [0.1, 0.15) is 5.01 Å². The minimum absolute atomic E-state index is 0.157. The molecule has 126 valence electrons. The highest BCUT2D eigenvalue weighted by Gasteiger charge is 2.26. The Balaban J connectivity index is 2.50. The molecule has 0 saturated heterocycles. The molecular weight excluding hydrogens is 298 g/mol. The Morgan fingerprint density at radius 1 is 1.45 bits per heavy atom. The van der Waals surface area contributed by atoms with E-state index in [9.17, 15) is 4.79 Å². The molecule has 1 heterocycles. The van der Waals surface area contributed by atoms with Gasteiger partial charge in [-0.1, -0.05) is 13.8 Å². The van der Waals surface area contributed by atoms with E-state index in [0.717, 1.165) is 16.3 Å². The molecule has 22 heavy (non-hydrogen) atoms. The molecular formula is C16H29N3O2S. The van der Waals surface area contributed by atoms with Gasteiger partial charge in [0.25, 0.3) is 0 Å². The number of aryl methyl sites for hydroxylation is 1. The monoisotopic (exact) mass is 327 g/mol. The van der Waals surface area contributed by atoms with Crippen molar-refractivity contribution in [3.63, 3.8) is 0 Å². The van der Waals surface area contributed by atoms with Crippen LogP contribution in [0.5, 0.6) is 0 Å². The number of hydrogen-bond acceptors (Lipinski definition) is 4. The van der Waals surface area contributed by atoms with Crippen LogP contribution in [0.15, 0.2) is 6.20 Å². The first-order valence-corrected chi connectivity index (χ1v) is 8.66. The van der Waals surface area contributed by atoms with Gasteiger partial charge in [-0.2, -0.15) is 0 Å². The molecule has 1 unspecified atom stereocenters. The van der Waals surface area contributed by atoms with Crippen LogP contribution in [0.25, 0.3) is 0 Å². The lowest BCUT2D eigenvalue weighted by Gasteiger charge is -2.25. The summed E-state index contributed by atoms with van der Waals surface area (Å²) in [6.45, 7) is 10.9. The van der Waals surface area contributed by atoms with Crippen molar-refractivity contribution in [2.24, 2.45) is 11.8 Å². The number of thiazole rings is 1. The predicted octanol–water partition coefficient (Wildman–Crippen LogP) is 3.03. The van der Waals surface area contributed by atoms with Crippen LogP contribution in [-0.4, -0.2) is 29.3 Å². The normalized spacial score (nSPS) is 13.2. The number of carbonyl (C=O) groups is 1. The van der Waals surface area contributed by atoms with E-state index < -0.39 is 5.54 Å². The standard InChI is InChI=1S/C16H29N3O2S/c1-11(2)8-13(6-7-20)10-18-15(21)19-16(4,5)14-17-9-12(3)22-14/h9,11,13,20H,6-8,10H2,1-5H3,(H2,18,19,21). The summed E-state index contributed by atoms with van der Waals surface area (Å²) in [5.41, 5.74) is -0.493. The number of nitrogens with zero attached hydrogens (tertiary/aromatic N) is 1. The molecule has 1 aromatic heterocycles. The van der Waals surface area contributed by atoms with Crippen molar-refractivity contribution in [1.82, 2.24) is 15.6 Å². The van der Waals surface area contributed by atoms with Crippen LogP contribution in [-0.2, 0) is 5.54 Å². The van der Waals surface area contributed by atoms with Crippen molar-refractivity contribution >= 4 is 17.4 Å². The van der Waals surface area contributed by atoms with Crippen LogP contribution in [0, 0.1) is 18.8 Å². The molecule has 0 aliphatic rings. The molecule has 1 atom stereocenters. The van der Waals surface area contributed by atoms with Gasteiger partial charge in [0.15, 0.2) is 0 Å². The molecule has 0 spiro atoms. The summed E-state index contributed by atoms with van der Waals surface area (Å²) in [6, 6.07) is -0.190. The van der Waals surface area contributed by atoms with E-state index in [1.54, 1.807) is 11.3 Å². The maximum absolute atomic E-state index is 12.1. The van der Waals surface area contributed by atoms with E-state index in [1.807, 2.05) is 27.0 Å². The summed E-state index contributed by atoms with van der Waals surface area (Å²) in [5.74, 6) is 0.858. The SMILES string of the molecule is Cc1cnc(C(C)(C)NC(=O)NCC(CCO)CC(C)C)s1. The summed E-state index contributed by atoms with van der Waals surface area (Å²) in [6.07, 6.45) is 3.53. The van der Waals surface area contributed by atoms with E-state index in [2.05, 4.69) is 29.5 Å². The van der Waals surface area contributed by atoms with E-state index >= 15 is 0 Å². The van der Waals surface area contributed by atoms with Gasteiger partial charge in [-0.3, -0.25) is 0 Å². The number of aliphatic hydroxyl groups excluding tert-OH is 1. The first-order chi connectivity index (χ1) is 10.2. The number of amides is 2. The zero-order valence-corrected chi connectivity index (χ0v) is 15.1. The molecule has 0 bridgehead atoms. The third-order valence-corrected chi connectivity index (χ3v) is 4.71. The van der Waals surface area contributed by atoms with Crippen LogP contribution in [0.1, 0.15) is 50.4 Å². The number of hydrogen-bond donors (Lipinski definition) is 3. The van der Waals surface area contributed by atoms with E-state index in [-0.39, 0.29) is 12.6 Å². The molecule has 0 fully saturated rings. The Bertz CT molecular complexity index is 472. The van der Waals surface area contributed by atoms with Gasteiger partial charge in [-0.05, 0) is 45.4 Å². The van der Waals surface area contributed by atoms with Gasteiger partial charge in [0, 0.05) is 24.2 Å². The van der Waals surface area contributed by atoms with Crippen molar-refractivity contribution < 1.29 is 9.90 Å². The Kier molecular flexibility index (Phi) is 7.29. The summed E-state index contributed by atoms with van der Waals surface area (Å²) in [4.78, 5) is 17.6. The second-order valence-electron chi connectivity index (χ2n) is 6.74. The number of aliphatic hydroxyl groups is 1. The third-order valence-electron chi connectivity index (χ3n) is 3.48. The second-order valence-corrected chi connectivity index (χ2v) is 7.98. The van der Waals surface area contributed by atoms with Crippen molar-refractivity contribution in [2.45, 2.75) is 53.0 Å². The molecule has 2 amide bonds. The second kappa shape index (κ2) is 8.48. The molecule has 0 aliphatic carbocycles. The quantitative estimate of drug-likeness (QED) is 0.687. The zero-order valence-electron chi connectivity index (χ0n) is 14.3. The summed E-state index contributed by atoms with van der Waals surface area (Å²) >= 11 is 1.59. The highest BCUT2D eigenvalue weighted by Crippen LogP contribution is 2.24. The number of aromatic nitrogens is 1. The van der Waals surface area contributed by atoms with E-state index in [0.29, 0.717) is 24.8 Å². The summed E-state index contributed by atoms with van der Waals surface area (Å²) < 4.78 is 0. The fraction of sp³-hybridized carbons (Fsp3) is 0.750. The van der Waals surface area contributed by atoms with Crippen LogP contribution in [0.3, 0.4) is 0 Å². The van der Waals surface area contributed by atoms with Crippen LogP contribution in [0.4, 0.5) is 4.79 Å². The van der Waals surface area contributed by atoms with Gasteiger partial charge >= 0.3 is 6.03 Å².